The maximum absolute atomic E-state index is 12.4. The first-order valence-electron chi connectivity index (χ1n) is 7.88. The van der Waals surface area contributed by atoms with Crippen molar-refractivity contribution in [3.63, 3.8) is 0 Å². The average Bonchev–Trinajstić information content (AvgIpc) is 3.03. The van der Waals surface area contributed by atoms with E-state index in [9.17, 15) is 13.2 Å². The average molecular weight is 346 g/mol. The van der Waals surface area contributed by atoms with Crippen LogP contribution in [0.25, 0.3) is 0 Å². The lowest BCUT2D eigenvalue weighted by molar-refractivity contribution is 0.147. The van der Waals surface area contributed by atoms with Gasteiger partial charge in [0.2, 0.25) is 9.84 Å². The third kappa shape index (κ3) is 5.91. The maximum Gasteiger partial charge on any atom is 0.346 e. The van der Waals surface area contributed by atoms with E-state index >= 15 is 0 Å². The van der Waals surface area contributed by atoms with Gasteiger partial charge < -0.3 is 9.64 Å². The van der Waals surface area contributed by atoms with Gasteiger partial charge >= 0.3 is 6.03 Å². The Kier molecular flexibility index (Phi) is 8.18. The fourth-order valence-corrected chi connectivity index (χ4v) is 3.18. The molecule has 0 aliphatic carbocycles. The highest BCUT2D eigenvalue weighted by Crippen LogP contribution is 2.08. The van der Waals surface area contributed by atoms with Crippen molar-refractivity contribution in [2.24, 2.45) is 0 Å². The van der Waals surface area contributed by atoms with Crippen molar-refractivity contribution in [2.75, 3.05) is 32.6 Å². The summed E-state index contributed by atoms with van der Waals surface area (Å²) in [5.74, 6) is -0.00900. The van der Waals surface area contributed by atoms with Crippen molar-refractivity contribution in [3.05, 3.63) is 6.33 Å². The van der Waals surface area contributed by atoms with E-state index in [4.69, 9.17) is 4.74 Å². The summed E-state index contributed by atoms with van der Waals surface area (Å²) in [4.78, 5) is 17.8. The molecule has 1 heterocycles. The number of carbonyl (C=O) groups is 1. The third-order valence-electron chi connectivity index (χ3n) is 3.33. The van der Waals surface area contributed by atoms with Crippen LogP contribution in [0.3, 0.4) is 0 Å². The maximum atomic E-state index is 12.4. The molecule has 0 unspecified atom stereocenters. The van der Waals surface area contributed by atoms with Crippen molar-refractivity contribution in [3.8, 4) is 0 Å². The Bertz CT molecular complexity index is 577. The van der Waals surface area contributed by atoms with E-state index in [2.05, 4.69) is 10.1 Å². The lowest BCUT2D eigenvalue weighted by atomic mass is 10.3. The van der Waals surface area contributed by atoms with E-state index < -0.39 is 9.84 Å². The molecule has 0 radical (unpaired) electrons. The summed E-state index contributed by atoms with van der Waals surface area (Å²) in [6.45, 7) is 5.34. The molecular formula is C14H26N4O4S. The number of carbonyl (C=O) groups excluding carboxylic acids is 1. The van der Waals surface area contributed by atoms with Gasteiger partial charge in [0.1, 0.15) is 6.33 Å². The predicted molar refractivity (Wildman–Crippen MR) is 86.1 cm³/mol. The molecule has 1 rings (SSSR count). The lowest BCUT2D eigenvalue weighted by Gasteiger charge is -2.21. The molecule has 1 amide bonds. The fourth-order valence-electron chi connectivity index (χ4n) is 1.91. The number of aromatic nitrogens is 3. The Hall–Kier alpha value is -1.48. The molecule has 0 fully saturated rings. The highest BCUT2D eigenvalue weighted by atomic mass is 32.2. The topological polar surface area (TPSA) is 94.4 Å². The van der Waals surface area contributed by atoms with Crippen LogP contribution in [-0.2, 0) is 14.6 Å². The van der Waals surface area contributed by atoms with Crippen molar-refractivity contribution in [2.45, 2.75) is 44.7 Å². The molecule has 9 heteroatoms. The molecule has 1 aromatic heterocycles. The Labute approximate surface area is 137 Å². The first kappa shape index (κ1) is 19.6. The van der Waals surface area contributed by atoms with Crippen LogP contribution in [0.5, 0.6) is 0 Å². The van der Waals surface area contributed by atoms with Crippen LogP contribution in [0.15, 0.2) is 11.5 Å². The number of sulfone groups is 1. The molecule has 0 saturated heterocycles. The molecule has 1 aromatic rings. The number of hydrogen-bond acceptors (Lipinski definition) is 6. The van der Waals surface area contributed by atoms with Gasteiger partial charge in [-0.25, -0.2) is 18.2 Å². The molecule has 23 heavy (non-hydrogen) atoms. The van der Waals surface area contributed by atoms with E-state index in [1.807, 2.05) is 13.8 Å². The summed E-state index contributed by atoms with van der Waals surface area (Å²) < 4.78 is 30.1. The molecule has 0 N–H and O–H groups in total. The number of ether oxygens (including phenoxy) is 1. The Morgan fingerprint density at radius 3 is 2.57 bits per heavy atom. The van der Waals surface area contributed by atoms with Crippen molar-refractivity contribution in [1.82, 2.24) is 19.7 Å². The number of amides is 1. The SMILES string of the molecule is CCCCN(CCOC)C(=O)n1cnc(S(=O)(=O)CCCC)n1. The smallest absolute Gasteiger partial charge is 0.346 e. The molecule has 0 spiro atoms. The summed E-state index contributed by atoms with van der Waals surface area (Å²) in [7, 11) is -1.97. The largest absolute Gasteiger partial charge is 0.383 e. The summed E-state index contributed by atoms with van der Waals surface area (Å²) in [6, 6.07) is -0.389. The molecule has 132 valence electrons. The third-order valence-corrected chi connectivity index (χ3v) is 4.90. The molecule has 0 aromatic carbocycles. The molecule has 0 atom stereocenters. The Morgan fingerprint density at radius 2 is 1.96 bits per heavy atom. The zero-order valence-corrected chi connectivity index (χ0v) is 14.9. The molecule has 8 nitrogen and oxygen atoms in total. The minimum absolute atomic E-state index is 0.00900. The second-order valence-electron chi connectivity index (χ2n) is 5.26. The van der Waals surface area contributed by atoms with Crippen LogP contribution in [0, 0.1) is 0 Å². The van der Waals surface area contributed by atoms with Gasteiger partial charge in [0.15, 0.2) is 0 Å². The summed E-state index contributed by atoms with van der Waals surface area (Å²) in [5.41, 5.74) is 0. The summed E-state index contributed by atoms with van der Waals surface area (Å²) >= 11 is 0. The van der Waals surface area contributed by atoms with Crippen LogP contribution in [0.4, 0.5) is 4.79 Å². The van der Waals surface area contributed by atoms with Gasteiger partial charge in [0.05, 0.1) is 12.4 Å². The van der Waals surface area contributed by atoms with Gasteiger partial charge in [-0.2, -0.15) is 4.68 Å². The highest BCUT2D eigenvalue weighted by molar-refractivity contribution is 7.91. The summed E-state index contributed by atoms with van der Waals surface area (Å²) in [6.07, 6.45) is 4.27. The zero-order chi connectivity index (χ0) is 17.3. The minimum atomic E-state index is -3.53. The monoisotopic (exact) mass is 346 g/mol. The van der Waals surface area contributed by atoms with E-state index in [0.717, 1.165) is 30.3 Å². The van der Waals surface area contributed by atoms with Gasteiger partial charge in [-0.05, 0) is 12.8 Å². The summed E-state index contributed by atoms with van der Waals surface area (Å²) in [5, 5.41) is 3.57. The van der Waals surface area contributed by atoms with Crippen LogP contribution in [-0.4, -0.2) is 66.7 Å². The minimum Gasteiger partial charge on any atom is -0.383 e. The van der Waals surface area contributed by atoms with Crippen LogP contribution in [0.1, 0.15) is 39.5 Å². The van der Waals surface area contributed by atoms with E-state index in [1.165, 1.54) is 0 Å². The first-order chi connectivity index (χ1) is 11.0. The Morgan fingerprint density at radius 1 is 1.26 bits per heavy atom. The van der Waals surface area contributed by atoms with Crippen molar-refractivity contribution in [1.29, 1.82) is 0 Å². The van der Waals surface area contributed by atoms with Crippen molar-refractivity contribution >= 4 is 15.9 Å². The van der Waals surface area contributed by atoms with Gasteiger partial charge in [-0.3, -0.25) is 0 Å². The quantitative estimate of drug-likeness (QED) is 0.638. The lowest BCUT2D eigenvalue weighted by Crippen LogP contribution is -2.38. The molecule has 0 saturated carbocycles. The number of unbranched alkanes of at least 4 members (excludes halogenated alkanes) is 2. The first-order valence-corrected chi connectivity index (χ1v) is 9.54. The highest BCUT2D eigenvalue weighted by Gasteiger charge is 2.22. The van der Waals surface area contributed by atoms with Crippen LogP contribution >= 0.6 is 0 Å². The standard InChI is InChI=1S/C14H26N4O4S/c1-4-6-8-17(9-10-22-3)14(19)18-12-15-13(16-18)23(20,21)11-7-5-2/h12H,4-11H2,1-3H3. The van der Waals surface area contributed by atoms with E-state index in [-0.39, 0.29) is 16.9 Å². The van der Waals surface area contributed by atoms with Crippen molar-refractivity contribution < 1.29 is 17.9 Å². The second kappa shape index (κ2) is 9.61. The number of methoxy groups -OCH3 is 1. The molecular weight excluding hydrogens is 320 g/mol. The fraction of sp³-hybridized carbons (Fsp3) is 0.786. The normalized spacial score (nSPS) is 11.6. The van der Waals surface area contributed by atoms with Crippen LogP contribution < -0.4 is 0 Å². The number of hydrogen-bond donors (Lipinski definition) is 0. The second-order valence-corrected chi connectivity index (χ2v) is 7.26. The Balaban J connectivity index is 2.86. The van der Waals surface area contributed by atoms with Gasteiger partial charge in [-0.1, -0.05) is 26.7 Å². The van der Waals surface area contributed by atoms with Gasteiger partial charge in [0.25, 0.3) is 5.16 Å². The molecule has 0 bridgehead atoms. The van der Waals surface area contributed by atoms with Gasteiger partial charge in [0, 0.05) is 20.2 Å². The van der Waals surface area contributed by atoms with E-state index in [0.29, 0.717) is 26.1 Å². The van der Waals surface area contributed by atoms with Crippen LogP contribution in [0.2, 0.25) is 0 Å². The number of nitrogens with zero attached hydrogens (tertiary/aromatic N) is 4. The molecule has 0 aliphatic rings. The van der Waals surface area contributed by atoms with Gasteiger partial charge in [-0.15, -0.1) is 5.10 Å². The zero-order valence-electron chi connectivity index (χ0n) is 14.1. The predicted octanol–water partition coefficient (Wildman–Crippen LogP) is 1.57. The van der Waals surface area contributed by atoms with E-state index in [1.54, 1.807) is 12.0 Å². The number of rotatable bonds is 10. The molecule has 0 aliphatic heterocycles.